The molecule has 0 saturated carbocycles. The van der Waals surface area contributed by atoms with E-state index in [1.54, 1.807) is 0 Å². The standard InChI is InChI=1S/C12H26N2/c1-4-5-7-11(2)13-10-12(3)8-6-9-14-12/h11,13-14H,4-10H2,1-3H3. The van der Waals surface area contributed by atoms with Crippen LogP contribution < -0.4 is 10.6 Å². The van der Waals surface area contributed by atoms with Gasteiger partial charge in [-0.3, -0.25) is 0 Å². The molecule has 1 heterocycles. The molecule has 0 amide bonds. The van der Waals surface area contributed by atoms with Crippen LogP contribution in [0.15, 0.2) is 0 Å². The van der Waals surface area contributed by atoms with Gasteiger partial charge in [0.25, 0.3) is 0 Å². The van der Waals surface area contributed by atoms with E-state index in [-0.39, 0.29) is 0 Å². The molecule has 0 bridgehead atoms. The predicted molar refractivity (Wildman–Crippen MR) is 62.6 cm³/mol. The molecule has 2 nitrogen and oxygen atoms in total. The van der Waals surface area contributed by atoms with Crippen LogP contribution in [0, 0.1) is 0 Å². The van der Waals surface area contributed by atoms with E-state index in [9.17, 15) is 0 Å². The Labute approximate surface area is 88.8 Å². The van der Waals surface area contributed by atoms with E-state index in [2.05, 4.69) is 31.4 Å². The van der Waals surface area contributed by atoms with Crippen LogP contribution in [0.2, 0.25) is 0 Å². The van der Waals surface area contributed by atoms with Crippen molar-refractivity contribution in [3.05, 3.63) is 0 Å². The molecule has 1 saturated heterocycles. The van der Waals surface area contributed by atoms with Crippen LogP contribution in [-0.4, -0.2) is 24.7 Å². The topological polar surface area (TPSA) is 24.1 Å². The molecule has 1 rings (SSSR count). The van der Waals surface area contributed by atoms with Crippen molar-refractivity contribution in [2.45, 2.75) is 64.5 Å². The van der Waals surface area contributed by atoms with Crippen molar-refractivity contribution in [3.63, 3.8) is 0 Å². The van der Waals surface area contributed by atoms with Crippen LogP contribution >= 0.6 is 0 Å². The van der Waals surface area contributed by atoms with Crippen LogP contribution in [0.4, 0.5) is 0 Å². The summed E-state index contributed by atoms with van der Waals surface area (Å²) in [6, 6.07) is 0.675. The maximum atomic E-state index is 3.64. The molecule has 84 valence electrons. The second-order valence-corrected chi connectivity index (χ2v) is 5.02. The lowest BCUT2D eigenvalue weighted by atomic mass is 10.00. The summed E-state index contributed by atoms with van der Waals surface area (Å²) in [6.45, 7) is 9.21. The summed E-state index contributed by atoms with van der Waals surface area (Å²) in [5, 5.41) is 7.22. The van der Waals surface area contributed by atoms with Gasteiger partial charge in [0.1, 0.15) is 0 Å². The molecular formula is C12H26N2. The summed E-state index contributed by atoms with van der Waals surface area (Å²) < 4.78 is 0. The fraction of sp³-hybridized carbons (Fsp3) is 1.00. The lowest BCUT2D eigenvalue weighted by molar-refractivity contribution is 0.356. The summed E-state index contributed by atoms with van der Waals surface area (Å²) in [5.41, 5.74) is 0.362. The Morgan fingerprint density at radius 1 is 1.50 bits per heavy atom. The quantitative estimate of drug-likeness (QED) is 0.684. The van der Waals surface area contributed by atoms with Crippen molar-refractivity contribution < 1.29 is 0 Å². The van der Waals surface area contributed by atoms with E-state index < -0.39 is 0 Å². The Bertz CT molecular complexity index is 150. The summed E-state index contributed by atoms with van der Waals surface area (Å²) in [6.07, 6.45) is 6.62. The summed E-state index contributed by atoms with van der Waals surface area (Å²) in [7, 11) is 0. The van der Waals surface area contributed by atoms with Crippen LogP contribution in [0.1, 0.15) is 52.9 Å². The van der Waals surface area contributed by atoms with E-state index in [1.807, 2.05) is 0 Å². The summed E-state index contributed by atoms with van der Waals surface area (Å²) in [5.74, 6) is 0. The van der Waals surface area contributed by atoms with Crippen molar-refractivity contribution in [1.82, 2.24) is 10.6 Å². The Morgan fingerprint density at radius 3 is 2.86 bits per heavy atom. The maximum absolute atomic E-state index is 3.64. The molecule has 2 heteroatoms. The zero-order valence-corrected chi connectivity index (χ0v) is 10.0. The van der Waals surface area contributed by atoms with Gasteiger partial charge in [-0.1, -0.05) is 19.8 Å². The summed E-state index contributed by atoms with van der Waals surface area (Å²) in [4.78, 5) is 0. The van der Waals surface area contributed by atoms with Crippen LogP contribution in [-0.2, 0) is 0 Å². The van der Waals surface area contributed by atoms with Crippen molar-refractivity contribution in [2.75, 3.05) is 13.1 Å². The summed E-state index contributed by atoms with van der Waals surface area (Å²) >= 11 is 0. The third-order valence-corrected chi connectivity index (χ3v) is 3.29. The van der Waals surface area contributed by atoms with Gasteiger partial charge >= 0.3 is 0 Å². The van der Waals surface area contributed by atoms with E-state index in [0.29, 0.717) is 11.6 Å². The van der Waals surface area contributed by atoms with Gasteiger partial charge in [0, 0.05) is 18.1 Å². The van der Waals surface area contributed by atoms with Gasteiger partial charge in [-0.25, -0.2) is 0 Å². The first-order chi connectivity index (χ1) is 6.66. The van der Waals surface area contributed by atoms with Gasteiger partial charge in [0.2, 0.25) is 0 Å². The average molecular weight is 198 g/mol. The van der Waals surface area contributed by atoms with Gasteiger partial charge in [-0.05, 0) is 39.7 Å². The SMILES string of the molecule is CCCCC(C)NCC1(C)CCCN1. The van der Waals surface area contributed by atoms with Crippen molar-refractivity contribution in [1.29, 1.82) is 0 Å². The Morgan fingerprint density at radius 2 is 2.29 bits per heavy atom. The first-order valence-corrected chi connectivity index (χ1v) is 6.15. The molecule has 0 spiro atoms. The first-order valence-electron chi connectivity index (χ1n) is 6.15. The Kier molecular flexibility index (Phi) is 4.90. The molecular weight excluding hydrogens is 172 g/mol. The minimum absolute atomic E-state index is 0.362. The van der Waals surface area contributed by atoms with Crippen molar-refractivity contribution in [3.8, 4) is 0 Å². The third kappa shape index (κ3) is 3.97. The molecule has 0 radical (unpaired) electrons. The molecule has 2 unspecified atom stereocenters. The largest absolute Gasteiger partial charge is 0.312 e. The van der Waals surface area contributed by atoms with E-state index in [1.165, 1.54) is 38.6 Å². The lowest BCUT2D eigenvalue weighted by Gasteiger charge is -2.27. The smallest absolute Gasteiger partial charge is 0.0278 e. The van der Waals surface area contributed by atoms with Crippen LogP contribution in [0.5, 0.6) is 0 Å². The second-order valence-electron chi connectivity index (χ2n) is 5.02. The number of rotatable bonds is 6. The fourth-order valence-corrected chi connectivity index (χ4v) is 2.12. The Balaban J connectivity index is 2.12. The molecule has 0 aromatic heterocycles. The molecule has 0 aromatic carbocycles. The normalized spacial score (nSPS) is 29.4. The van der Waals surface area contributed by atoms with Gasteiger partial charge in [0.05, 0.1) is 0 Å². The highest BCUT2D eigenvalue weighted by Crippen LogP contribution is 2.17. The monoisotopic (exact) mass is 198 g/mol. The molecule has 2 N–H and O–H groups in total. The van der Waals surface area contributed by atoms with E-state index in [0.717, 1.165) is 6.54 Å². The molecule has 1 aliphatic rings. The second kappa shape index (κ2) is 5.72. The molecule has 0 aromatic rings. The van der Waals surface area contributed by atoms with Crippen molar-refractivity contribution >= 4 is 0 Å². The van der Waals surface area contributed by atoms with Crippen molar-refractivity contribution in [2.24, 2.45) is 0 Å². The molecule has 1 aliphatic heterocycles. The Hall–Kier alpha value is -0.0800. The minimum Gasteiger partial charge on any atom is -0.312 e. The van der Waals surface area contributed by atoms with Gasteiger partial charge in [0.15, 0.2) is 0 Å². The number of unbranched alkanes of at least 4 members (excludes halogenated alkanes) is 1. The molecule has 1 fully saturated rings. The maximum Gasteiger partial charge on any atom is 0.0278 e. The average Bonchev–Trinajstić information content (AvgIpc) is 2.60. The van der Waals surface area contributed by atoms with E-state index >= 15 is 0 Å². The first kappa shape index (κ1) is 12.0. The number of hydrogen-bond acceptors (Lipinski definition) is 2. The van der Waals surface area contributed by atoms with Crippen LogP contribution in [0.25, 0.3) is 0 Å². The highest BCUT2D eigenvalue weighted by molar-refractivity contribution is 4.91. The number of nitrogens with one attached hydrogen (secondary N) is 2. The minimum atomic E-state index is 0.362. The zero-order chi connectivity index (χ0) is 10.4. The molecule has 2 atom stereocenters. The lowest BCUT2D eigenvalue weighted by Crippen LogP contribution is -2.47. The van der Waals surface area contributed by atoms with Gasteiger partial charge in [-0.15, -0.1) is 0 Å². The zero-order valence-electron chi connectivity index (χ0n) is 10.0. The van der Waals surface area contributed by atoms with E-state index in [4.69, 9.17) is 0 Å². The van der Waals surface area contributed by atoms with Crippen LogP contribution in [0.3, 0.4) is 0 Å². The fourth-order valence-electron chi connectivity index (χ4n) is 2.12. The highest BCUT2D eigenvalue weighted by Gasteiger charge is 2.27. The molecule has 14 heavy (non-hydrogen) atoms. The third-order valence-electron chi connectivity index (χ3n) is 3.29. The van der Waals surface area contributed by atoms with Gasteiger partial charge in [-0.2, -0.15) is 0 Å². The highest BCUT2D eigenvalue weighted by atomic mass is 15.1. The number of hydrogen-bond donors (Lipinski definition) is 2. The predicted octanol–water partition coefficient (Wildman–Crippen LogP) is 2.30. The molecule has 0 aliphatic carbocycles. The van der Waals surface area contributed by atoms with Gasteiger partial charge < -0.3 is 10.6 Å².